The fraction of sp³-hybridized carbons (Fsp3) is 0.440. The number of fused-ring (bicyclic) bond motifs is 1. The number of nitrogens with one attached hydrogen (secondary N) is 1. The minimum absolute atomic E-state index is 0.175. The zero-order chi connectivity index (χ0) is 25.6. The lowest BCUT2D eigenvalue weighted by Gasteiger charge is -2.33. The molecule has 0 fully saturated rings. The van der Waals surface area contributed by atoms with Gasteiger partial charge in [-0.05, 0) is 38.0 Å². The summed E-state index contributed by atoms with van der Waals surface area (Å²) in [4.78, 5) is 27.9. The highest BCUT2D eigenvalue weighted by Crippen LogP contribution is 2.34. The van der Waals surface area contributed by atoms with Crippen LogP contribution in [0.5, 0.6) is 11.5 Å². The van der Waals surface area contributed by atoms with Crippen LogP contribution in [0, 0.1) is 6.92 Å². The lowest BCUT2D eigenvalue weighted by atomic mass is 10.1. The van der Waals surface area contributed by atoms with Crippen LogP contribution in [0.2, 0.25) is 0 Å². The highest BCUT2D eigenvalue weighted by molar-refractivity contribution is 7.92. The Morgan fingerprint density at radius 3 is 2.40 bits per heavy atom. The number of carbonyl (C=O) groups excluding carboxylic acids is 2. The fourth-order valence-corrected chi connectivity index (χ4v) is 4.86. The molecule has 0 aromatic heterocycles. The van der Waals surface area contributed by atoms with Crippen LogP contribution in [-0.2, 0) is 26.2 Å². The molecule has 1 heterocycles. The van der Waals surface area contributed by atoms with Crippen LogP contribution in [0.15, 0.2) is 42.5 Å². The number of anilines is 1. The van der Waals surface area contributed by atoms with Gasteiger partial charge < -0.3 is 19.7 Å². The van der Waals surface area contributed by atoms with Gasteiger partial charge in [0.25, 0.3) is 0 Å². The molecule has 0 radical (unpaired) electrons. The molecule has 9 nitrogen and oxygen atoms in total. The van der Waals surface area contributed by atoms with Gasteiger partial charge in [-0.25, -0.2) is 8.42 Å². The molecule has 0 unspecified atom stereocenters. The molecule has 2 aromatic carbocycles. The standard InChI is InChI=1S/C25H33N3O6S/c1-5-21(25(30)26-6-2)27(16-19-9-7-8-18(3)14-19)24(29)17-28(35(4,31)32)20-10-11-22-23(15-20)34-13-12-33-22/h7-11,14-15,21H,5-6,12-13,16-17H2,1-4H3,(H,26,30)/t21-/m0/s1. The van der Waals surface area contributed by atoms with E-state index in [0.717, 1.165) is 21.7 Å². The topological polar surface area (TPSA) is 105 Å². The summed E-state index contributed by atoms with van der Waals surface area (Å²) in [6, 6.07) is 11.7. The third kappa shape index (κ3) is 6.66. The van der Waals surface area contributed by atoms with Gasteiger partial charge in [0.2, 0.25) is 21.8 Å². The Labute approximate surface area is 207 Å². The minimum Gasteiger partial charge on any atom is -0.486 e. The molecule has 0 spiro atoms. The van der Waals surface area contributed by atoms with Crippen molar-refractivity contribution in [2.24, 2.45) is 0 Å². The molecule has 0 saturated carbocycles. The normalized spacial score (nSPS) is 13.6. The molecule has 0 aliphatic carbocycles. The van der Waals surface area contributed by atoms with E-state index < -0.39 is 28.5 Å². The summed E-state index contributed by atoms with van der Waals surface area (Å²) < 4.78 is 37.6. The van der Waals surface area contributed by atoms with Gasteiger partial charge in [0.15, 0.2) is 11.5 Å². The van der Waals surface area contributed by atoms with Gasteiger partial charge >= 0.3 is 0 Å². The number of sulfonamides is 1. The van der Waals surface area contributed by atoms with Crippen molar-refractivity contribution in [2.75, 3.05) is 36.9 Å². The Morgan fingerprint density at radius 1 is 1.06 bits per heavy atom. The van der Waals surface area contributed by atoms with E-state index in [1.807, 2.05) is 45.0 Å². The maximum atomic E-state index is 13.6. The lowest BCUT2D eigenvalue weighted by Crippen LogP contribution is -2.52. The molecular weight excluding hydrogens is 470 g/mol. The summed E-state index contributed by atoms with van der Waals surface area (Å²) in [7, 11) is -3.83. The number of amides is 2. The van der Waals surface area contributed by atoms with Crippen molar-refractivity contribution in [3.05, 3.63) is 53.6 Å². The maximum absolute atomic E-state index is 13.6. The second-order valence-corrected chi connectivity index (χ2v) is 10.3. The molecular formula is C25H33N3O6S. The van der Waals surface area contributed by atoms with Crippen molar-refractivity contribution < 1.29 is 27.5 Å². The molecule has 10 heteroatoms. The second kappa shape index (κ2) is 11.4. The van der Waals surface area contributed by atoms with Crippen LogP contribution >= 0.6 is 0 Å². The lowest BCUT2D eigenvalue weighted by molar-refractivity contribution is -0.140. The van der Waals surface area contributed by atoms with Crippen molar-refractivity contribution >= 4 is 27.5 Å². The molecule has 190 valence electrons. The average Bonchev–Trinajstić information content (AvgIpc) is 2.81. The maximum Gasteiger partial charge on any atom is 0.244 e. The summed E-state index contributed by atoms with van der Waals surface area (Å²) in [5.74, 6) is 0.175. The number of ether oxygens (including phenoxy) is 2. The molecule has 0 saturated heterocycles. The number of aryl methyl sites for hydroxylation is 1. The predicted octanol–water partition coefficient (Wildman–Crippen LogP) is 2.48. The van der Waals surface area contributed by atoms with E-state index in [1.54, 1.807) is 18.2 Å². The van der Waals surface area contributed by atoms with E-state index in [9.17, 15) is 18.0 Å². The summed E-state index contributed by atoms with van der Waals surface area (Å²) >= 11 is 0. The first-order valence-electron chi connectivity index (χ1n) is 11.6. The third-order valence-corrected chi connectivity index (χ3v) is 6.81. The number of nitrogens with zero attached hydrogens (tertiary/aromatic N) is 2. The van der Waals surface area contributed by atoms with Crippen LogP contribution in [0.3, 0.4) is 0 Å². The molecule has 1 aliphatic heterocycles. The van der Waals surface area contributed by atoms with Crippen LogP contribution in [0.4, 0.5) is 5.69 Å². The molecule has 1 atom stereocenters. The molecule has 1 N–H and O–H groups in total. The number of benzene rings is 2. The number of hydrogen-bond acceptors (Lipinski definition) is 6. The highest BCUT2D eigenvalue weighted by Gasteiger charge is 2.32. The van der Waals surface area contributed by atoms with Gasteiger partial charge in [-0.1, -0.05) is 36.8 Å². The summed E-state index contributed by atoms with van der Waals surface area (Å²) in [5, 5.41) is 2.78. The van der Waals surface area contributed by atoms with Crippen LogP contribution < -0.4 is 19.1 Å². The van der Waals surface area contributed by atoms with Crippen LogP contribution in [0.1, 0.15) is 31.4 Å². The Balaban J connectivity index is 1.95. The zero-order valence-corrected chi connectivity index (χ0v) is 21.4. The van der Waals surface area contributed by atoms with E-state index in [4.69, 9.17) is 9.47 Å². The Hall–Kier alpha value is -3.27. The van der Waals surface area contributed by atoms with E-state index in [-0.39, 0.29) is 18.1 Å². The third-order valence-electron chi connectivity index (χ3n) is 5.67. The van der Waals surface area contributed by atoms with Gasteiger partial charge in [0.05, 0.1) is 11.9 Å². The molecule has 1 aliphatic rings. The molecule has 2 aromatic rings. The number of hydrogen-bond donors (Lipinski definition) is 1. The molecule has 3 rings (SSSR count). The largest absolute Gasteiger partial charge is 0.486 e. The summed E-state index contributed by atoms with van der Waals surface area (Å²) in [5.41, 5.74) is 2.16. The van der Waals surface area contributed by atoms with Crippen molar-refractivity contribution in [1.82, 2.24) is 10.2 Å². The molecule has 35 heavy (non-hydrogen) atoms. The summed E-state index contributed by atoms with van der Waals surface area (Å²) in [6.07, 6.45) is 1.43. The molecule has 0 bridgehead atoms. The first-order valence-corrected chi connectivity index (χ1v) is 13.5. The van der Waals surface area contributed by atoms with Crippen molar-refractivity contribution in [2.45, 2.75) is 39.8 Å². The number of likely N-dealkylation sites (N-methyl/N-ethyl adjacent to an activating group) is 1. The fourth-order valence-electron chi connectivity index (χ4n) is 4.02. The van der Waals surface area contributed by atoms with Crippen LogP contribution in [-0.4, -0.2) is 63.7 Å². The first-order chi connectivity index (χ1) is 16.6. The van der Waals surface area contributed by atoms with E-state index in [0.29, 0.717) is 37.7 Å². The smallest absolute Gasteiger partial charge is 0.244 e. The highest BCUT2D eigenvalue weighted by atomic mass is 32.2. The first kappa shape index (κ1) is 26.3. The van der Waals surface area contributed by atoms with Gasteiger partial charge in [-0.2, -0.15) is 0 Å². The Bertz CT molecular complexity index is 1170. The zero-order valence-electron chi connectivity index (χ0n) is 20.6. The molecule has 2 amide bonds. The van der Waals surface area contributed by atoms with Gasteiger partial charge in [0, 0.05) is 19.2 Å². The van der Waals surface area contributed by atoms with Gasteiger partial charge in [-0.3, -0.25) is 13.9 Å². The SMILES string of the molecule is CCNC(=O)[C@H](CC)N(Cc1cccc(C)c1)C(=O)CN(c1ccc2c(c1)OCCO2)S(C)(=O)=O. The van der Waals surface area contributed by atoms with E-state index >= 15 is 0 Å². The average molecular weight is 504 g/mol. The Morgan fingerprint density at radius 2 is 1.77 bits per heavy atom. The van der Waals surface area contributed by atoms with Gasteiger partial charge in [0.1, 0.15) is 25.8 Å². The monoisotopic (exact) mass is 503 g/mol. The van der Waals surface area contributed by atoms with Crippen molar-refractivity contribution in [1.29, 1.82) is 0 Å². The quantitative estimate of drug-likeness (QED) is 0.534. The summed E-state index contributed by atoms with van der Waals surface area (Å²) in [6.45, 7) is 6.49. The second-order valence-electron chi connectivity index (χ2n) is 8.43. The van der Waals surface area contributed by atoms with Crippen LogP contribution in [0.25, 0.3) is 0 Å². The van der Waals surface area contributed by atoms with Gasteiger partial charge in [-0.15, -0.1) is 0 Å². The van der Waals surface area contributed by atoms with Crippen molar-refractivity contribution in [3.63, 3.8) is 0 Å². The van der Waals surface area contributed by atoms with E-state index in [2.05, 4.69) is 5.32 Å². The van der Waals surface area contributed by atoms with Crippen molar-refractivity contribution in [3.8, 4) is 11.5 Å². The van der Waals surface area contributed by atoms with E-state index in [1.165, 1.54) is 4.90 Å². The predicted molar refractivity (Wildman–Crippen MR) is 134 cm³/mol. The minimum atomic E-state index is -3.83. The number of rotatable bonds is 10. The Kier molecular flexibility index (Phi) is 8.61. The number of carbonyl (C=O) groups is 2.